The smallest absolute Gasteiger partial charge is 0.322 e. The summed E-state index contributed by atoms with van der Waals surface area (Å²) < 4.78 is 17.5. The Morgan fingerprint density at radius 3 is 2.33 bits per heavy atom. The number of hydrogen-bond acceptors (Lipinski definition) is 7. The number of hydrogen-bond donors (Lipinski definition) is 0. The van der Waals surface area contributed by atoms with E-state index in [1.165, 1.54) is 0 Å². The molecule has 0 radical (unpaired) electrons. The van der Waals surface area contributed by atoms with Gasteiger partial charge in [-0.05, 0) is 46.1 Å². The molecule has 0 bridgehead atoms. The number of likely N-dealkylation sites (tertiary alicyclic amines) is 1. The molecule has 3 heterocycles. The van der Waals surface area contributed by atoms with Crippen molar-refractivity contribution in [1.82, 2.24) is 9.80 Å². The van der Waals surface area contributed by atoms with Crippen molar-refractivity contribution in [3.63, 3.8) is 0 Å². The molecule has 5 atom stereocenters. The Bertz CT molecular complexity index is 1310. The number of esters is 2. The highest BCUT2D eigenvalue weighted by molar-refractivity contribution is 6.09. The fourth-order valence-corrected chi connectivity index (χ4v) is 6.86. The lowest BCUT2D eigenvalue weighted by Crippen LogP contribution is -2.58. The number of nitrogens with zero attached hydrogens (tertiary/aromatic N) is 2. The summed E-state index contributed by atoms with van der Waals surface area (Å²) in [6, 6.07) is 18.3. The summed E-state index contributed by atoms with van der Waals surface area (Å²) >= 11 is 0. The van der Waals surface area contributed by atoms with Crippen LogP contribution in [0.15, 0.2) is 60.7 Å². The van der Waals surface area contributed by atoms with E-state index in [1.54, 1.807) is 37.5 Å². The number of benzene rings is 2. The molecule has 3 saturated heterocycles. The highest BCUT2D eigenvalue weighted by Crippen LogP contribution is 2.56. The zero-order valence-corrected chi connectivity index (χ0v) is 24.8. The van der Waals surface area contributed by atoms with Gasteiger partial charge in [-0.2, -0.15) is 0 Å². The van der Waals surface area contributed by atoms with Gasteiger partial charge in [0.2, 0.25) is 11.8 Å². The first-order valence-corrected chi connectivity index (χ1v) is 14.8. The standard InChI is InChI=1S/C33H40N2O7/c1-5-40-31(39)33(24-17-12-18-34(28(24)37)20-22-13-8-6-9-14-22)25(19-27(36)42-32(2,3)4)26-21-41-29(35(26)30(33)38)23-15-10-7-11-16-23/h6-11,13-16,24-26,29H,5,12,17-21H2,1-4H3/t24?,25-,26-,29-,33-/m1/s1. The van der Waals surface area contributed by atoms with Gasteiger partial charge in [0.25, 0.3) is 0 Å². The summed E-state index contributed by atoms with van der Waals surface area (Å²) in [6.07, 6.45) is -0.0341. The van der Waals surface area contributed by atoms with E-state index in [-0.39, 0.29) is 25.5 Å². The molecule has 0 aliphatic carbocycles. The van der Waals surface area contributed by atoms with Crippen molar-refractivity contribution in [2.45, 2.75) is 71.4 Å². The fourth-order valence-electron chi connectivity index (χ4n) is 6.86. The number of piperidine rings is 1. The molecule has 3 aliphatic rings. The number of fused-ring (bicyclic) bond motifs is 1. The molecule has 3 fully saturated rings. The average molecular weight is 577 g/mol. The summed E-state index contributed by atoms with van der Waals surface area (Å²) in [4.78, 5) is 60.0. The first kappa shape index (κ1) is 29.8. The van der Waals surface area contributed by atoms with Crippen LogP contribution in [0.4, 0.5) is 0 Å². The second-order valence-corrected chi connectivity index (χ2v) is 12.3. The Morgan fingerprint density at radius 2 is 1.69 bits per heavy atom. The van der Waals surface area contributed by atoms with E-state index in [4.69, 9.17) is 14.2 Å². The lowest BCUT2D eigenvalue weighted by Gasteiger charge is -2.42. The zero-order valence-electron chi connectivity index (χ0n) is 24.8. The van der Waals surface area contributed by atoms with E-state index in [9.17, 15) is 19.2 Å². The monoisotopic (exact) mass is 576 g/mol. The molecule has 3 aliphatic heterocycles. The van der Waals surface area contributed by atoms with Crippen molar-refractivity contribution in [3.05, 3.63) is 71.8 Å². The average Bonchev–Trinajstić information content (AvgIpc) is 3.48. The Hall–Kier alpha value is -3.72. The first-order chi connectivity index (χ1) is 20.1. The molecular formula is C33H40N2O7. The van der Waals surface area contributed by atoms with Crippen LogP contribution in [0.3, 0.4) is 0 Å². The number of ether oxygens (including phenoxy) is 3. The van der Waals surface area contributed by atoms with Gasteiger partial charge in [0.1, 0.15) is 5.60 Å². The molecule has 1 unspecified atom stereocenters. The molecular weight excluding hydrogens is 536 g/mol. The SMILES string of the molecule is CCOC(=O)[C@@]1(C2CCCN(Cc3ccccc3)C2=O)C(=O)N2[C@@H](c3ccccc3)OC[C@@H]2[C@H]1CC(=O)OC(C)(C)C. The van der Waals surface area contributed by atoms with E-state index in [0.717, 1.165) is 11.1 Å². The first-order valence-electron chi connectivity index (χ1n) is 14.8. The van der Waals surface area contributed by atoms with Crippen LogP contribution >= 0.6 is 0 Å². The van der Waals surface area contributed by atoms with E-state index < -0.39 is 53.0 Å². The van der Waals surface area contributed by atoms with E-state index in [2.05, 4.69) is 0 Å². The van der Waals surface area contributed by atoms with E-state index in [0.29, 0.717) is 25.9 Å². The highest BCUT2D eigenvalue weighted by Gasteiger charge is 2.72. The van der Waals surface area contributed by atoms with Gasteiger partial charge < -0.3 is 24.0 Å². The minimum Gasteiger partial charge on any atom is -0.465 e. The summed E-state index contributed by atoms with van der Waals surface area (Å²) in [7, 11) is 0. The predicted octanol–water partition coefficient (Wildman–Crippen LogP) is 4.26. The van der Waals surface area contributed by atoms with Crippen LogP contribution in [0.2, 0.25) is 0 Å². The van der Waals surface area contributed by atoms with Gasteiger partial charge in [-0.25, -0.2) is 0 Å². The molecule has 42 heavy (non-hydrogen) atoms. The molecule has 5 rings (SSSR count). The van der Waals surface area contributed by atoms with Crippen LogP contribution in [-0.4, -0.2) is 65.0 Å². The van der Waals surface area contributed by atoms with Crippen LogP contribution in [0.1, 0.15) is 64.3 Å². The third-order valence-corrected chi connectivity index (χ3v) is 8.47. The summed E-state index contributed by atoms with van der Waals surface area (Å²) in [5.74, 6) is -3.97. The Balaban J connectivity index is 1.59. The summed E-state index contributed by atoms with van der Waals surface area (Å²) in [5.41, 5.74) is -0.943. The molecule has 0 aromatic heterocycles. The maximum absolute atomic E-state index is 14.8. The second kappa shape index (κ2) is 11.9. The van der Waals surface area contributed by atoms with Gasteiger partial charge in [0, 0.05) is 24.6 Å². The van der Waals surface area contributed by atoms with Crippen molar-refractivity contribution in [2.24, 2.45) is 17.3 Å². The fraction of sp³-hybridized carbons (Fsp3) is 0.515. The van der Waals surface area contributed by atoms with Crippen LogP contribution in [-0.2, 0) is 39.9 Å². The van der Waals surface area contributed by atoms with Crippen LogP contribution in [0.5, 0.6) is 0 Å². The highest BCUT2D eigenvalue weighted by atomic mass is 16.6. The quantitative estimate of drug-likeness (QED) is 0.342. The maximum Gasteiger partial charge on any atom is 0.322 e. The molecule has 224 valence electrons. The third-order valence-electron chi connectivity index (χ3n) is 8.47. The minimum absolute atomic E-state index is 0.0327. The zero-order chi connectivity index (χ0) is 30.1. The lowest BCUT2D eigenvalue weighted by atomic mass is 9.62. The Morgan fingerprint density at radius 1 is 1.02 bits per heavy atom. The Labute approximate surface area is 247 Å². The molecule has 0 saturated carbocycles. The van der Waals surface area contributed by atoms with Crippen molar-refractivity contribution < 1.29 is 33.4 Å². The maximum atomic E-state index is 14.8. The molecule has 9 nitrogen and oxygen atoms in total. The number of carbonyl (C=O) groups is 4. The normalized spacial score (nSPS) is 27.6. The van der Waals surface area contributed by atoms with Gasteiger partial charge in [-0.3, -0.25) is 19.2 Å². The van der Waals surface area contributed by atoms with Crippen LogP contribution < -0.4 is 0 Å². The Kier molecular flexibility index (Phi) is 8.42. The number of rotatable bonds is 8. The van der Waals surface area contributed by atoms with Gasteiger partial charge >= 0.3 is 11.9 Å². The van der Waals surface area contributed by atoms with Crippen molar-refractivity contribution in [1.29, 1.82) is 0 Å². The lowest BCUT2D eigenvalue weighted by molar-refractivity contribution is -0.179. The molecule has 2 aromatic carbocycles. The van der Waals surface area contributed by atoms with E-state index >= 15 is 0 Å². The number of carbonyl (C=O) groups excluding carboxylic acids is 4. The van der Waals surface area contributed by atoms with Crippen molar-refractivity contribution in [2.75, 3.05) is 19.8 Å². The van der Waals surface area contributed by atoms with E-state index in [1.807, 2.05) is 60.7 Å². The molecule has 9 heteroatoms. The van der Waals surface area contributed by atoms with Gasteiger partial charge in [-0.15, -0.1) is 0 Å². The van der Waals surface area contributed by atoms with Crippen LogP contribution in [0, 0.1) is 17.3 Å². The topological polar surface area (TPSA) is 102 Å². The molecule has 2 aromatic rings. The van der Waals surface area contributed by atoms with Gasteiger partial charge in [0.05, 0.1) is 31.6 Å². The second-order valence-electron chi connectivity index (χ2n) is 12.3. The molecule has 2 amide bonds. The van der Waals surface area contributed by atoms with Gasteiger partial charge in [0.15, 0.2) is 11.6 Å². The third kappa shape index (κ3) is 5.42. The van der Waals surface area contributed by atoms with Crippen LogP contribution in [0.25, 0.3) is 0 Å². The number of amides is 2. The summed E-state index contributed by atoms with van der Waals surface area (Å²) in [6.45, 7) is 8.01. The minimum atomic E-state index is -1.89. The largest absolute Gasteiger partial charge is 0.465 e. The van der Waals surface area contributed by atoms with Gasteiger partial charge in [-0.1, -0.05) is 60.7 Å². The summed E-state index contributed by atoms with van der Waals surface area (Å²) in [5, 5.41) is 0. The van der Waals surface area contributed by atoms with Crippen molar-refractivity contribution in [3.8, 4) is 0 Å². The van der Waals surface area contributed by atoms with Crippen molar-refractivity contribution >= 4 is 23.8 Å². The molecule has 0 N–H and O–H groups in total. The molecule has 0 spiro atoms. The predicted molar refractivity (Wildman–Crippen MR) is 153 cm³/mol.